The molecule has 146 valence electrons. The molecule has 1 rings (SSSR count). The molecule has 1 heterocycles. The number of hydrogen-bond acceptors (Lipinski definition) is 6. The van der Waals surface area contributed by atoms with E-state index in [0.717, 1.165) is 0 Å². The molecule has 0 aromatic carbocycles. The van der Waals surface area contributed by atoms with E-state index in [1.165, 1.54) is 12.0 Å². The molecule has 1 aliphatic rings. The van der Waals surface area contributed by atoms with E-state index in [2.05, 4.69) is 0 Å². The van der Waals surface area contributed by atoms with Crippen molar-refractivity contribution in [2.24, 2.45) is 5.92 Å². The van der Waals surface area contributed by atoms with Gasteiger partial charge < -0.3 is 18.9 Å². The van der Waals surface area contributed by atoms with E-state index in [1.807, 2.05) is 27.7 Å². The number of carbonyl (C=O) groups excluding carboxylic acids is 2. The molecule has 0 spiro atoms. The third kappa shape index (κ3) is 6.82. The van der Waals surface area contributed by atoms with Gasteiger partial charge in [-0.3, -0.25) is 9.69 Å². The SMILES string of the molecule is COC(=O)CCN(C(=O)OC(C)(C)C)[C@H]1COC(C)(C)O[C@@H]1C(C)C. The van der Waals surface area contributed by atoms with Crippen LogP contribution in [0.1, 0.15) is 54.9 Å². The highest BCUT2D eigenvalue weighted by Gasteiger charge is 2.43. The van der Waals surface area contributed by atoms with Gasteiger partial charge in [0, 0.05) is 6.54 Å². The Bertz CT molecular complexity index is 469. The van der Waals surface area contributed by atoms with Gasteiger partial charge in [-0.1, -0.05) is 13.8 Å². The highest BCUT2D eigenvalue weighted by atomic mass is 16.7. The molecule has 25 heavy (non-hydrogen) atoms. The largest absolute Gasteiger partial charge is 0.469 e. The minimum absolute atomic E-state index is 0.0838. The summed E-state index contributed by atoms with van der Waals surface area (Å²) < 4.78 is 22.0. The number of ether oxygens (including phenoxy) is 4. The van der Waals surface area contributed by atoms with Gasteiger partial charge >= 0.3 is 12.1 Å². The van der Waals surface area contributed by atoms with E-state index in [-0.39, 0.29) is 37.0 Å². The fourth-order valence-corrected chi connectivity index (χ4v) is 2.70. The number of rotatable bonds is 5. The molecule has 2 atom stereocenters. The highest BCUT2D eigenvalue weighted by molar-refractivity contribution is 5.72. The number of esters is 1. The zero-order valence-electron chi connectivity index (χ0n) is 16.8. The molecule has 7 heteroatoms. The lowest BCUT2D eigenvalue weighted by molar-refractivity contribution is -0.299. The second-order valence-electron chi connectivity index (χ2n) is 8.10. The molecule has 0 aromatic heterocycles. The fraction of sp³-hybridized carbons (Fsp3) is 0.889. The summed E-state index contributed by atoms with van der Waals surface area (Å²) in [5, 5.41) is 0. The van der Waals surface area contributed by atoms with Crippen molar-refractivity contribution in [1.82, 2.24) is 4.90 Å². The van der Waals surface area contributed by atoms with Crippen molar-refractivity contribution in [2.75, 3.05) is 20.3 Å². The minimum Gasteiger partial charge on any atom is -0.469 e. The Kier molecular flexibility index (Phi) is 7.26. The van der Waals surface area contributed by atoms with Gasteiger partial charge in [-0.05, 0) is 40.5 Å². The predicted octanol–water partition coefficient (Wildman–Crippen LogP) is 2.96. The van der Waals surface area contributed by atoms with Crippen LogP contribution in [-0.4, -0.2) is 60.8 Å². The summed E-state index contributed by atoms with van der Waals surface area (Å²) in [5.41, 5.74) is -0.635. The topological polar surface area (TPSA) is 74.3 Å². The van der Waals surface area contributed by atoms with Crippen LogP contribution in [0.25, 0.3) is 0 Å². The van der Waals surface area contributed by atoms with Crippen LogP contribution in [-0.2, 0) is 23.7 Å². The van der Waals surface area contributed by atoms with E-state index in [4.69, 9.17) is 18.9 Å². The second kappa shape index (κ2) is 8.36. The Labute approximate surface area is 150 Å². The van der Waals surface area contributed by atoms with Gasteiger partial charge in [0.1, 0.15) is 5.60 Å². The Hall–Kier alpha value is -1.34. The molecule has 0 bridgehead atoms. The number of amides is 1. The smallest absolute Gasteiger partial charge is 0.410 e. The first-order valence-electron chi connectivity index (χ1n) is 8.74. The Morgan fingerprint density at radius 3 is 2.36 bits per heavy atom. The lowest BCUT2D eigenvalue weighted by Crippen LogP contribution is -2.60. The number of hydrogen-bond donors (Lipinski definition) is 0. The molecular weight excluding hydrogens is 326 g/mol. The van der Waals surface area contributed by atoms with Gasteiger partial charge in [0.15, 0.2) is 5.79 Å². The van der Waals surface area contributed by atoms with Gasteiger partial charge in [0.05, 0.1) is 32.3 Å². The van der Waals surface area contributed by atoms with Crippen molar-refractivity contribution in [3.8, 4) is 0 Å². The van der Waals surface area contributed by atoms with Crippen molar-refractivity contribution in [1.29, 1.82) is 0 Å². The van der Waals surface area contributed by atoms with Crippen LogP contribution in [0, 0.1) is 5.92 Å². The lowest BCUT2D eigenvalue weighted by atomic mass is 9.96. The summed E-state index contributed by atoms with van der Waals surface area (Å²) in [6.45, 7) is 13.7. The van der Waals surface area contributed by atoms with E-state index < -0.39 is 17.5 Å². The van der Waals surface area contributed by atoms with Crippen LogP contribution >= 0.6 is 0 Å². The Balaban J connectivity index is 3.02. The average molecular weight is 359 g/mol. The molecular formula is C18H33NO6. The van der Waals surface area contributed by atoms with Crippen molar-refractivity contribution in [2.45, 2.75) is 78.4 Å². The third-order valence-electron chi connectivity index (χ3n) is 3.87. The number of methoxy groups -OCH3 is 1. The zero-order valence-corrected chi connectivity index (χ0v) is 16.8. The Morgan fingerprint density at radius 2 is 1.88 bits per heavy atom. The maximum absolute atomic E-state index is 12.7. The molecule has 0 unspecified atom stereocenters. The summed E-state index contributed by atoms with van der Waals surface area (Å²) in [6, 6.07) is -0.340. The molecule has 1 aliphatic heterocycles. The van der Waals surface area contributed by atoms with Gasteiger partial charge in [0.2, 0.25) is 0 Å². The Morgan fingerprint density at radius 1 is 1.28 bits per heavy atom. The van der Waals surface area contributed by atoms with E-state index in [1.54, 1.807) is 20.8 Å². The number of nitrogens with zero attached hydrogens (tertiary/aromatic N) is 1. The monoisotopic (exact) mass is 359 g/mol. The van der Waals surface area contributed by atoms with Crippen molar-refractivity contribution >= 4 is 12.1 Å². The van der Waals surface area contributed by atoms with E-state index in [9.17, 15) is 9.59 Å². The molecule has 7 nitrogen and oxygen atoms in total. The van der Waals surface area contributed by atoms with Crippen molar-refractivity contribution < 1.29 is 28.5 Å². The van der Waals surface area contributed by atoms with Crippen LogP contribution in [0.2, 0.25) is 0 Å². The van der Waals surface area contributed by atoms with Crippen LogP contribution in [0.3, 0.4) is 0 Å². The number of carbonyl (C=O) groups is 2. The van der Waals surface area contributed by atoms with Crippen LogP contribution in [0.5, 0.6) is 0 Å². The summed E-state index contributed by atoms with van der Waals surface area (Å²) in [7, 11) is 1.33. The van der Waals surface area contributed by atoms with E-state index in [0.29, 0.717) is 6.61 Å². The second-order valence-corrected chi connectivity index (χ2v) is 8.10. The molecule has 0 aromatic rings. The van der Waals surface area contributed by atoms with Crippen LogP contribution in [0.15, 0.2) is 0 Å². The van der Waals surface area contributed by atoms with Gasteiger partial charge in [-0.25, -0.2) is 4.79 Å². The quantitative estimate of drug-likeness (QED) is 0.703. The summed E-state index contributed by atoms with van der Waals surface area (Å²) in [5.74, 6) is -0.934. The van der Waals surface area contributed by atoms with Gasteiger partial charge in [0.25, 0.3) is 0 Å². The first kappa shape index (κ1) is 21.7. The fourth-order valence-electron chi connectivity index (χ4n) is 2.70. The van der Waals surface area contributed by atoms with Crippen molar-refractivity contribution in [3.63, 3.8) is 0 Å². The van der Waals surface area contributed by atoms with Gasteiger partial charge in [-0.15, -0.1) is 0 Å². The predicted molar refractivity (Wildman–Crippen MR) is 93.1 cm³/mol. The maximum Gasteiger partial charge on any atom is 0.410 e. The van der Waals surface area contributed by atoms with Crippen molar-refractivity contribution in [3.05, 3.63) is 0 Å². The van der Waals surface area contributed by atoms with E-state index >= 15 is 0 Å². The minimum atomic E-state index is -0.715. The zero-order chi connectivity index (χ0) is 19.4. The van der Waals surface area contributed by atoms with Crippen LogP contribution in [0.4, 0.5) is 4.79 Å². The summed E-state index contributed by atoms with van der Waals surface area (Å²) >= 11 is 0. The summed E-state index contributed by atoms with van der Waals surface area (Å²) in [6.07, 6.45) is -0.631. The maximum atomic E-state index is 12.7. The normalized spacial score (nSPS) is 23.2. The third-order valence-corrected chi connectivity index (χ3v) is 3.87. The average Bonchev–Trinajstić information content (AvgIpc) is 2.45. The van der Waals surface area contributed by atoms with Gasteiger partial charge in [-0.2, -0.15) is 0 Å². The first-order chi connectivity index (χ1) is 11.4. The molecule has 1 saturated heterocycles. The molecule has 0 saturated carbocycles. The highest BCUT2D eigenvalue weighted by Crippen LogP contribution is 2.30. The van der Waals surface area contributed by atoms with Crippen LogP contribution < -0.4 is 0 Å². The molecule has 1 fully saturated rings. The molecule has 0 radical (unpaired) electrons. The first-order valence-corrected chi connectivity index (χ1v) is 8.74. The lowest BCUT2D eigenvalue weighted by Gasteiger charge is -2.46. The summed E-state index contributed by atoms with van der Waals surface area (Å²) in [4.78, 5) is 25.8. The molecule has 1 amide bonds. The molecule has 0 N–H and O–H groups in total. The molecule has 0 aliphatic carbocycles. The standard InChI is InChI=1S/C18H33NO6/c1-12(2)15-13(11-23-18(6,7)24-15)19(10-9-14(20)22-8)16(21)25-17(3,4)5/h12-13,15H,9-11H2,1-8H3/t13-,15+/m0/s1.